The molecule has 1 aromatic carbocycles. The maximum atomic E-state index is 13.1. The van der Waals surface area contributed by atoms with E-state index in [9.17, 15) is 59.6 Å². The number of hydrogen-bond acceptors (Lipinski definition) is 13. The predicted molar refractivity (Wildman–Crippen MR) is 111 cm³/mol. The van der Waals surface area contributed by atoms with Crippen LogP contribution in [0.25, 0.3) is 0 Å². The van der Waals surface area contributed by atoms with Gasteiger partial charge in [0.15, 0.2) is 35.0 Å². The number of aliphatic hydroxyl groups is 5. The van der Waals surface area contributed by atoms with Gasteiger partial charge in [-0.15, -0.1) is 0 Å². The Kier molecular flexibility index (Phi) is 5.55. The second kappa shape index (κ2) is 8.75. The first-order chi connectivity index (χ1) is 18.0. The number of benzene rings is 1. The van der Waals surface area contributed by atoms with Gasteiger partial charge in [0.05, 0.1) is 4.92 Å². The maximum absolute atomic E-state index is 13.1. The van der Waals surface area contributed by atoms with Gasteiger partial charge in [-0.05, 0) is 33.7 Å². The molecule has 1 aliphatic heterocycles. The van der Waals surface area contributed by atoms with Crippen molar-refractivity contribution in [2.45, 2.75) is 62.4 Å². The van der Waals surface area contributed by atoms with Crippen molar-refractivity contribution in [1.29, 1.82) is 0 Å². The van der Waals surface area contributed by atoms with Gasteiger partial charge in [0.25, 0.3) is 5.69 Å². The number of carbonyl (C=O) groups is 5. The number of rotatable bonds is 8. The highest BCUT2D eigenvalue weighted by Gasteiger charge is 2.84. The van der Waals surface area contributed by atoms with Gasteiger partial charge in [0, 0.05) is 28.7 Å². The van der Waals surface area contributed by atoms with Gasteiger partial charge >= 0.3 is 0 Å². The van der Waals surface area contributed by atoms with E-state index in [0.29, 0.717) is 18.2 Å². The lowest BCUT2D eigenvalue weighted by molar-refractivity contribution is -0.419. The van der Waals surface area contributed by atoms with Crippen LogP contribution in [0.15, 0.2) is 18.2 Å². The Hall–Kier alpha value is -3.27. The van der Waals surface area contributed by atoms with Crippen LogP contribution in [0.1, 0.15) is 49.0 Å². The van der Waals surface area contributed by atoms with Crippen molar-refractivity contribution < 1.29 is 64.6 Å². The fraction of sp³-hybridized carbons (Fsp3) is 0.476. The van der Waals surface area contributed by atoms with E-state index >= 15 is 0 Å². The minimum absolute atomic E-state index is 0.170. The largest absolute Gasteiger partial charge is 0.382 e. The molecule has 5 N–H and O–H groups in total. The topological polar surface area (TPSA) is 239 Å². The summed E-state index contributed by atoms with van der Waals surface area (Å²) in [6.45, 7) is -6.16. The Morgan fingerprint density at radius 2 is 1.63 bits per heavy atom. The molecule has 1 fully saturated rings. The molecule has 0 spiro atoms. The van der Waals surface area contributed by atoms with E-state index < -0.39 is 107 Å². The molecule has 0 bridgehead atoms. The van der Waals surface area contributed by atoms with Gasteiger partial charge in [-0.2, -0.15) is 0 Å². The molecule has 0 aliphatic carbocycles. The van der Waals surface area contributed by atoms with E-state index in [1.807, 2.05) is 0 Å². The first kappa shape index (κ1) is 22.2. The molecule has 35 heavy (non-hydrogen) atoms. The van der Waals surface area contributed by atoms with Crippen molar-refractivity contribution in [3.63, 3.8) is 0 Å². The van der Waals surface area contributed by atoms with E-state index in [4.69, 9.17) is 10.2 Å². The second-order valence-electron chi connectivity index (χ2n) is 7.70. The quantitative estimate of drug-likeness (QED) is 0.145. The van der Waals surface area contributed by atoms with E-state index in [2.05, 4.69) is 0 Å². The van der Waals surface area contributed by atoms with Crippen LogP contribution in [-0.4, -0.2) is 88.9 Å². The number of hydrogen-bond donors (Lipinski definition) is 5. The fourth-order valence-electron chi connectivity index (χ4n) is 4.04. The normalized spacial score (nSPS) is 34.9. The summed E-state index contributed by atoms with van der Waals surface area (Å²) in [6, 6.07) is 1.58. The monoisotopic (exact) mass is 501 g/mol. The number of nitro groups is 1. The zero-order valence-electron chi connectivity index (χ0n) is 21.7. The Balaban J connectivity index is 3.23. The van der Waals surface area contributed by atoms with Crippen molar-refractivity contribution in [3.8, 4) is 0 Å². The van der Waals surface area contributed by atoms with Gasteiger partial charge in [-0.25, -0.2) is 0 Å². The molecule has 14 heteroatoms. The van der Waals surface area contributed by atoms with Crippen LogP contribution in [0.5, 0.6) is 0 Å². The van der Waals surface area contributed by atoms with Gasteiger partial charge in [-0.3, -0.25) is 34.1 Å². The van der Waals surface area contributed by atoms with Crippen LogP contribution in [-0.2, 0) is 29.7 Å². The van der Waals surface area contributed by atoms with E-state index in [-0.39, 0.29) is 6.29 Å². The van der Waals surface area contributed by atoms with Crippen LogP contribution in [0.2, 0.25) is 0 Å². The molecule has 190 valence electrons. The minimum Gasteiger partial charge on any atom is -0.382 e. The highest BCUT2D eigenvalue weighted by Crippen LogP contribution is 2.55. The molecule has 0 amide bonds. The molecule has 1 heterocycles. The summed E-state index contributed by atoms with van der Waals surface area (Å²) in [5, 5.41) is 68.3. The van der Waals surface area contributed by atoms with Crippen molar-refractivity contribution in [2.75, 3.05) is 0 Å². The zero-order valence-corrected chi connectivity index (χ0v) is 17.7. The average Bonchev–Trinajstić information content (AvgIpc) is 2.94. The summed E-state index contributed by atoms with van der Waals surface area (Å²) in [6.07, 6.45) is -6.13. The van der Waals surface area contributed by atoms with Gasteiger partial charge in [-0.1, -0.05) is 0 Å². The second-order valence-corrected chi connectivity index (χ2v) is 7.70. The van der Waals surface area contributed by atoms with Crippen LogP contribution in [0.3, 0.4) is 0 Å². The summed E-state index contributed by atoms with van der Waals surface area (Å²) in [7, 11) is 0. The molecule has 6 atom stereocenters. The molecule has 0 radical (unpaired) electrons. The highest BCUT2D eigenvalue weighted by molar-refractivity contribution is 6.06. The number of ether oxygens (including phenoxy) is 1. The van der Waals surface area contributed by atoms with Gasteiger partial charge in [0.1, 0.15) is 12.2 Å². The minimum atomic E-state index is -4.46. The number of aldehydes is 1. The van der Waals surface area contributed by atoms with Crippen molar-refractivity contribution in [3.05, 3.63) is 39.4 Å². The molecule has 0 saturated carbocycles. The molecule has 1 aliphatic rings. The van der Waals surface area contributed by atoms with E-state index in [0.717, 1.165) is 0 Å². The lowest BCUT2D eigenvalue weighted by Gasteiger charge is -2.61. The lowest BCUT2D eigenvalue weighted by Crippen LogP contribution is -2.89. The zero-order chi connectivity index (χ0) is 30.1. The summed E-state index contributed by atoms with van der Waals surface area (Å²) < 4.78 is 34.6. The van der Waals surface area contributed by atoms with Crippen molar-refractivity contribution in [2.24, 2.45) is 0 Å². The molecule has 2 rings (SSSR count). The summed E-state index contributed by atoms with van der Waals surface area (Å²) in [5.74, 6) is -11.8. The number of aliphatic hydroxyl groups excluding tert-OH is 1. The number of nitrogens with zero attached hydrogens (tertiary/aromatic N) is 1. The Bertz CT molecular complexity index is 1230. The number of ketones is 4. The summed E-state index contributed by atoms with van der Waals surface area (Å²) in [5.41, 5.74) is -15.9. The standard InChI is InChI=1S/C21H23NO13/c1-9(24)16(28)17-18(29,10(2)25)19(30,11(3)26)20(31,12(4)27)21(32,35-17)15-6-5-14(22(33)34)7-13(15)8-23/h5-8,16-17,28-32H,1-4H3/t16?,17-,18+,19+,20-,21?/m1/s1/i1D,2D,3D,4D. The van der Waals surface area contributed by atoms with Crippen LogP contribution >= 0.6 is 0 Å². The van der Waals surface area contributed by atoms with E-state index in [1.165, 1.54) is 0 Å². The first-order valence-electron chi connectivity index (χ1n) is 12.2. The molecule has 14 nitrogen and oxygen atoms in total. The third-order valence-corrected chi connectivity index (χ3v) is 5.86. The van der Waals surface area contributed by atoms with Gasteiger partial charge in [0.2, 0.25) is 17.0 Å². The van der Waals surface area contributed by atoms with Gasteiger partial charge < -0.3 is 30.3 Å². The maximum Gasteiger partial charge on any atom is 0.270 e. The SMILES string of the molecule is [2H]CC(=O)C(O)[C@H]1OC(O)(c2ccc([N+](=O)[O-])cc2C=O)[C@@](O)(C(=O)C[2H])[C@](O)(C(=O)C[2H])[C@]1(O)C(=O)C[2H]. The third kappa shape index (κ3) is 3.45. The average molecular weight is 501 g/mol. The van der Waals surface area contributed by atoms with Crippen molar-refractivity contribution >= 4 is 35.1 Å². The smallest absolute Gasteiger partial charge is 0.270 e. The van der Waals surface area contributed by atoms with Crippen LogP contribution < -0.4 is 0 Å². The van der Waals surface area contributed by atoms with Crippen LogP contribution in [0, 0.1) is 10.1 Å². The van der Waals surface area contributed by atoms with E-state index in [1.54, 1.807) is 0 Å². The molecular weight excluding hydrogens is 474 g/mol. The third-order valence-electron chi connectivity index (χ3n) is 5.86. The number of carbonyl (C=O) groups excluding carboxylic acids is 5. The van der Waals surface area contributed by atoms with Crippen molar-refractivity contribution in [1.82, 2.24) is 0 Å². The Morgan fingerprint density at radius 3 is 2.11 bits per heavy atom. The first-order valence-corrected chi connectivity index (χ1v) is 9.34. The van der Waals surface area contributed by atoms with Crippen LogP contribution in [0.4, 0.5) is 5.69 Å². The molecule has 2 unspecified atom stereocenters. The molecule has 1 aromatic rings. The number of Topliss-reactive ketones (excluding diaryl/α,β-unsaturated/α-hetero) is 4. The Morgan fingerprint density at radius 1 is 1.06 bits per heavy atom. The molecule has 1 saturated heterocycles. The fourth-order valence-corrected chi connectivity index (χ4v) is 4.04. The Labute approximate surface area is 202 Å². The summed E-state index contributed by atoms with van der Waals surface area (Å²) >= 11 is 0. The molecule has 0 aromatic heterocycles. The number of non-ortho nitro benzene ring substituents is 1. The predicted octanol–water partition coefficient (Wildman–Crippen LogP) is -2.14. The molecular formula is C21H23NO13. The summed E-state index contributed by atoms with van der Waals surface area (Å²) in [4.78, 5) is 73.3. The lowest BCUT2D eigenvalue weighted by atomic mass is 9.56. The highest BCUT2D eigenvalue weighted by atomic mass is 16.7. The number of nitro benzene ring substituents is 1.